The maximum Gasteiger partial charge on any atom is 0.0578 e. The zero-order valence-corrected chi connectivity index (χ0v) is 21.2. The standard InChI is InChI=1S/C30H48O/c1-7-8-22(20(2)3)10-9-21(4)26-13-14-27-25-12-11-23-19-24(31)15-17-29(23,5)28(25)16-18-30(26,27)6/h8,11-12,20-21,24,26-28,31H,7,9-10,13-19H2,1-6H3/b22-8-. The van der Waals surface area contributed by atoms with E-state index in [9.17, 15) is 5.11 Å². The van der Waals surface area contributed by atoms with E-state index < -0.39 is 0 Å². The molecule has 31 heavy (non-hydrogen) atoms. The van der Waals surface area contributed by atoms with Crippen LogP contribution in [0.4, 0.5) is 0 Å². The molecule has 0 amide bonds. The fourth-order valence-corrected chi connectivity index (χ4v) is 8.44. The molecule has 174 valence electrons. The highest BCUT2D eigenvalue weighted by Gasteiger charge is 2.56. The zero-order chi connectivity index (χ0) is 22.4. The molecule has 0 spiro atoms. The molecule has 0 aromatic heterocycles. The first-order valence-corrected chi connectivity index (χ1v) is 13.5. The van der Waals surface area contributed by atoms with Gasteiger partial charge in [0.25, 0.3) is 0 Å². The number of fused-ring (bicyclic) bond motifs is 5. The van der Waals surface area contributed by atoms with Gasteiger partial charge in [0.1, 0.15) is 0 Å². The second-order valence-electron chi connectivity index (χ2n) is 12.4. The largest absolute Gasteiger partial charge is 0.393 e. The Hall–Kier alpha value is -0.820. The third kappa shape index (κ3) is 4.03. The lowest BCUT2D eigenvalue weighted by molar-refractivity contribution is 0.0326. The van der Waals surface area contributed by atoms with Crippen molar-refractivity contribution in [1.82, 2.24) is 0 Å². The Morgan fingerprint density at radius 1 is 1.06 bits per heavy atom. The van der Waals surface area contributed by atoms with E-state index in [1.165, 1.54) is 56.9 Å². The molecule has 7 unspecified atom stereocenters. The van der Waals surface area contributed by atoms with Gasteiger partial charge in [0.05, 0.1) is 6.10 Å². The van der Waals surface area contributed by atoms with E-state index in [4.69, 9.17) is 0 Å². The van der Waals surface area contributed by atoms with E-state index in [0.29, 0.717) is 16.7 Å². The molecule has 0 radical (unpaired) electrons. The molecule has 4 aliphatic carbocycles. The zero-order valence-electron chi connectivity index (χ0n) is 21.2. The van der Waals surface area contributed by atoms with Crippen molar-refractivity contribution < 1.29 is 5.11 Å². The Morgan fingerprint density at radius 2 is 1.84 bits per heavy atom. The van der Waals surface area contributed by atoms with Crippen LogP contribution >= 0.6 is 0 Å². The van der Waals surface area contributed by atoms with Gasteiger partial charge in [-0.2, -0.15) is 0 Å². The summed E-state index contributed by atoms with van der Waals surface area (Å²) in [5.74, 6) is 3.91. The fourth-order valence-electron chi connectivity index (χ4n) is 8.44. The molecule has 3 saturated carbocycles. The van der Waals surface area contributed by atoms with Crippen molar-refractivity contribution in [3.05, 3.63) is 34.9 Å². The van der Waals surface area contributed by atoms with Gasteiger partial charge in [-0.15, -0.1) is 0 Å². The molecule has 0 aliphatic heterocycles. The van der Waals surface area contributed by atoms with Crippen molar-refractivity contribution in [2.45, 2.75) is 112 Å². The van der Waals surface area contributed by atoms with Crippen LogP contribution in [-0.4, -0.2) is 11.2 Å². The monoisotopic (exact) mass is 424 g/mol. The van der Waals surface area contributed by atoms with Crippen molar-refractivity contribution in [1.29, 1.82) is 0 Å². The van der Waals surface area contributed by atoms with E-state index in [-0.39, 0.29) is 6.10 Å². The summed E-state index contributed by atoms with van der Waals surface area (Å²) in [5.41, 5.74) is 5.81. The SMILES string of the molecule is CC/C=C(/CCC(C)C1CCC2C3=CC=C4CC(O)CCC4(C)C3CCC21C)C(C)C. The first kappa shape index (κ1) is 23.3. The van der Waals surface area contributed by atoms with Gasteiger partial charge in [0.15, 0.2) is 0 Å². The van der Waals surface area contributed by atoms with Gasteiger partial charge in [0.2, 0.25) is 0 Å². The van der Waals surface area contributed by atoms with Gasteiger partial charge in [-0.25, -0.2) is 0 Å². The summed E-state index contributed by atoms with van der Waals surface area (Å²) in [6, 6.07) is 0. The maximum atomic E-state index is 10.2. The first-order valence-electron chi connectivity index (χ1n) is 13.5. The number of aliphatic hydroxyl groups is 1. The van der Waals surface area contributed by atoms with Crippen LogP contribution in [0.1, 0.15) is 106 Å². The van der Waals surface area contributed by atoms with Gasteiger partial charge in [0, 0.05) is 0 Å². The molecule has 0 aromatic rings. The van der Waals surface area contributed by atoms with E-state index in [2.05, 4.69) is 59.8 Å². The van der Waals surface area contributed by atoms with Crippen molar-refractivity contribution in [3.8, 4) is 0 Å². The minimum absolute atomic E-state index is 0.114. The highest BCUT2D eigenvalue weighted by atomic mass is 16.3. The molecule has 0 aromatic carbocycles. The minimum Gasteiger partial charge on any atom is -0.393 e. The average molecular weight is 425 g/mol. The molecule has 0 heterocycles. The number of hydrogen-bond donors (Lipinski definition) is 1. The van der Waals surface area contributed by atoms with Gasteiger partial charge >= 0.3 is 0 Å². The topological polar surface area (TPSA) is 20.2 Å². The van der Waals surface area contributed by atoms with Crippen LogP contribution in [0, 0.1) is 40.4 Å². The maximum absolute atomic E-state index is 10.2. The Morgan fingerprint density at radius 3 is 2.55 bits per heavy atom. The quantitative estimate of drug-likeness (QED) is 0.425. The molecule has 1 nitrogen and oxygen atoms in total. The first-order chi connectivity index (χ1) is 14.7. The van der Waals surface area contributed by atoms with Crippen LogP contribution in [0.2, 0.25) is 0 Å². The minimum atomic E-state index is -0.114. The Kier molecular flexibility index (Phi) is 6.66. The molecule has 0 saturated heterocycles. The van der Waals surface area contributed by atoms with Crippen molar-refractivity contribution >= 4 is 0 Å². The molecule has 1 heteroatoms. The Labute approximate surface area is 192 Å². The summed E-state index contributed by atoms with van der Waals surface area (Å²) in [7, 11) is 0. The molecule has 4 aliphatic rings. The molecule has 7 atom stereocenters. The predicted molar refractivity (Wildman–Crippen MR) is 133 cm³/mol. The van der Waals surface area contributed by atoms with E-state index in [0.717, 1.165) is 36.5 Å². The number of rotatable bonds is 6. The molecular formula is C30H48O. The molecule has 0 bridgehead atoms. The third-order valence-corrected chi connectivity index (χ3v) is 10.4. The van der Waals surface area contributed by atoms with E-state index in [1.54, 1.807) is 11.1 Å². The summed E-state index contributed by atoms with van der Waals surface area (Å²) < 4.78 is 0. The highest BCUT2D eigenvalue weighted by molar-refractivity contribution is 5.38. The van der Waals surface area contributed by atoms with Crippen LogP contribution in [0.3, 0.4) is 0 Å². The summed E-state index contributed by atoms with van der Waals surface area (Å²) in [6.07, 6.45) is 19.8. The Balaban J connectivity index is 1.51. The van der Waals surface area contributed by atoms with Crippen molar-refractivity contribution in [3.63, 3.8) is 0 Å². The lowest BCUT2D eigenvalue weighted by Gasteiger charge is -2.55. The number of allylic oxidation sites excluding steroid dienone is 5. The number of hydrogen-bond acceptors (Lipinski definition) is 1. The van der Waals surface area contributed by atoms with Gasteiger partial charge in [-0.1, -0.05) is 76.5 Å². The number of aliphatic hydroxyl groups excluding tert-OH is 1. The third-order valence-electron chi connectivity index (χ3n) is 10.4. The van der Waals surface area contributed by atoms with Gasteiger partial charge in [-0.3, -0.25) is 0 Å². The second kappa shape index (κ2) is 8.85. The predicted octanol–water partition coefficient (Wildman–Crippen LogP) is 8.26. The normalized spacial score (nSPS) is 41.2. The molecule has 3 fully saturated rings. The lowest BCUT2D eigenvalue weighted by Crippen LogP contribution is -2.46. The Bertz CT molecular complexity index is 754. The van der Waals surface area contributed by atoms with Gasteiger partial charge in [-0.05, 0) is 105 Å². The van der Waals surface area contributed by atoms with Crippen LogP contribution < -0.4 is 0 Å². The summed E-state index contributed by atoms with van der Waals surface area (Å²) in [6.45, 7) is 14.7. The summed E-state index contributed by atoms with van der Waals surface area (Å²) in [4.78, 5) is 0. The highest BCUT2D eigenvalue weighted by Crippen LogP contribution is 2.66. The van der Waals surface area contributed by atoms with Crippen LogP contribution in [0.5, 0.6) is 0 Å². The fraction of sp³-hybridized carbons (Fsp3) is 0.800. The van der Waals surface area contributed by atoms with Crippen molar-refractivity contribution in [2.24, 2.45) is 40.4 Å². The van der Waals surface area contributed by atoms with E-state index >= 15 is 0 Å². The van der Waals surface area contributed by atoms with Crippen LogP contribution in [-0.2, 0) is 0 Å². The lowest BCUT2D eigenvalue weighted by atomic mass is 9.50. The summed E-state index contributed by atoms with van der Waals surface area (Å²) in [5, 5.41) is 10.2. The van der Waals surface area contributed by atoms with E-state index in [1.807, 2.05) is 0 Å². The molecule has 1 N–H and O–H groups in total. The van der Waals surface area contributed by atoms with Crippen LogP contribution in [0.25, 0.3) is 0 Å². The molecule has 4 rings (SSSR count). The second-order valence-corrected chi connectivity index (χ2v) is 12.4. The smallest absolute Gasteiger partial charge is 0.0578 e. The van der Waals surface area contributed by atoms with Crippen LogP contribution in [0.15, 0.2) is 34.9 Å². The average Bonchev–Trinajstić information content (AvgIpc) is 3.08. The summed E-state index contributed by atoms with van der Waals surface area (Å²) >= 11 is 0. The van der Waals surface area contributed by atoms with Crippen molar-refractivity contribution in [2.75, 3.05) is 0 Å². The molecular weight excluding hydrogens is 376 g/mol. The van der Waals surface area contributed by atoms with Gasteiger partial charge < -0.3 is 5.11 Å².